The van der Waals surface area contributed by atoms with E-state index in [1.54, 1.807) is 18.3 Å². The van der Waals surface area contributed by atoms with Crippen molar-refractivity contribution in [1.29, 1.82) is 0 Å². The predicted octanol–water partition coefficient (Wildman–Crippen LogP) is 4.38. The van der Waals surface area contributed by atoms with Gasteiger partial charge in [0.1, 0.15) is 5.82 Å². The fraction of sp³-hybridized carbons (Fsp3) is 0.143. The maximum absolute atomic E-state index is 12.3. The molecule has 25 heavy (non-hydrogen) atoms. The smallest absolute Gasteiger partial charge is 0.255 e. The number of para-hydroxylation sites is 1. The van der Waals surface area contributed by atoms with Crippen LogP contribution in [0.3, 0.4) is 0 Å². The molecule has 3 rings (SSSR count). The van der Waals surface area contributed by atoms with Crippen molar-refractivity contribution in [2.45, 2.75) is 12.8 Å². The van der Waals surface area contributed by atoms with Crippen LogP contribution in [0.25, 0.3) is 0 Å². The van der Waals surface area contributed by atoms with Crippen LogP contribution in [0.5, 0.6) is 0 Å². The maximum atomic E-state index is 12.3. The summed E-state index contributed by atoms with van der Waals surface area (Å²) in [6, 6.07) is 23.3. The summed E-state index contributed by atoms with van der Waals surface area (Å²) in [7, 11) is 0. The second-order valence-corrected chi connectivity index (χ2v) is 5.77. The minimum atomic E-state index is -0.138. The van der Waals surface area contributed by atoms with Gasteiger partial charge in [0.15, 0.2) is 0 Å². The highest BCUT2D eigenvalue weighted by Gasteiger charge is 2.07. The number of rotatable bonds is 7. The highest BCUT2D eigenvalue weighted by Crippen LogP contribution is 2.11. The Labute approximate surface area is 147 Å². The van der Waals surface area contributed by atoms with Crippen LogP contribution in [0, 0.1) is 0 Å². The third-order valence-electron chi connectivity index (χ3n) is 3.84. The van der Waals surface area contributed by atoms with Gasteiger partial charge in [-0.05, 0) is 42.7 Å². The highest BCUT2D eigenvalue weighted by molar-refractivity contribution is 6.04. The Bertz CT molecular complexity index is 804. The van der Waals surface area contributed by atoms with E-state index in [9.17, 15) is 4.79 Å². The zero-order chi connectivity index (χ0) is 17.3. The molecule has 3 aromatic rings. The molecule has 4 nitrogen and oxygen atoms in total. The van der Waals surface area contributed by atoms with E-state index in [1.807, 2.05) is 36.4 Å². The number of carbonyl (C=O) groups excluding carboxylic acids is 1. The summed E-state index contributed by atoms with van der Waals surface area (Å²) in [5.74, 6) is 0.578. The normalized spacial score (nSPS) is 10.2. The van der Waals surface area contributed by atoms with E-state index in [0.29, 0.717) is 11.4 Å². The van der Waals surface area contributed by atoms with Crippen LogP contribution >= 0.6 is 0 Å². The highest BCUT2D eigenvalue weighted by atomic mass is 16.1. The van der Waals surface area contributed by atoms with Crippen LogP contribution < -0.4 is 10.6 Å². The first kappa shape index (κ1) is 16.7. The van der Waals surface area contributed by atoms with Gasteiger partial charge in [-0.15, -0.1) is 0 Å². The minimum Gasteiger partial charge on any atom is -0.370 e. The van der Waals surface area contributed by atoms with E-state index >= 15 is 0 Å². The van der Waals surface area contributed by atoms with Crippen molar-refractivity contribution >= 4 is 17.4 Å². The summed E-state index contributed by atoms with van der Waals surface area (Å²) in [6.45, 7) is 0.811. The number of pyridine rings is 1. The monoisotopic (exact) mass is 331 g/mol. The van der Waals surface area contributed by atoms with E-state index in [-0.39, 0.29) is 5.91 Å². The molecule has 0 bridgehead atoms. The Morgan fingerprint density at radius 1 is 0.920 bits per heavy atom. The molecule has 2 aromatic carbocycles. The molecule has 0 aliphatic heterocycles. The van der Waals surface area contributed by atoms with Crippen molar-refractivity contribution < 1.29 is 4.79 Å². The molecule has 4 heteroatoms. The van der Waals surface area contributed by atoms with E-state index in [4.69, 9.17) is 0 Å². The fourth-order valence-electron chi connectivity index (χ4n) is 2.55. The largest absolute Gasteiger partial charge is 0.370 e. The number of anilines is 2. The number of hydrogen-bond acceptors (Lipinski definition) is 3. The van der Waals surface area contributed by atoms with E-state index in [2.05, 4.69) is 39.9 Å². The molecule has 2 N–H and O–H groups in total. The lowest BCUT2D eigenvalue weighted by Crippen LogP contribution is -2.13. The van der Waals surface area contributed by atoms with Gasteiger partial charge in [0, 0.05) is 24.0 Å². The fourth-order valence-corrected chi connectivity index (χ4v) is 2.55. The molecule has 1 amide bonds. The standard InChI is InChI=1S/C21H21N3O/c25-21(24-19-11-5-2-6-12-19)18-13-15-23-20(16-18)22-14-7-10-17-8-3-1-4-9-17/h1-6,8-9,11-13,15-16H,7,10,14H2,(H,22,23)(H,24,25). The molecular formula is C21H21N3O. The van der Waals surface area contributed by atoms with Crippen LogP contribution in [0.1, 0.15) is 22.3 Å². The molecule has 126 valence electrons. The minimum absolute atomic E-state index is 0.138. The summed E-state index contributed by atoms with van der Waals surface area (Å²) in [5.41, 5.74) is 2.69. The molecule has 0 saturated heterocycles. The SMILES string of the molecule is O=C(Nc1ccccc1)c1ccnc(NCCCc2ccccc2)c1. The molecule has 0 aliphatic rings. The Balaban J connectivity index is 1.51. The second kappa shape index (κ2) is 8.64. The summed E-state index contributed by atoms with van der Waals surface area (Å²) < 4.78 is 0. The summed E-state index contributed by atoms with van der Waals surface area (Å²) in [6.07, 6.45) is 3.67. The lowest BCUT2D eigenvalue weighted by Gasteiger charge is -2.08. The molecule has 0 spiro atoms. The average molecular weight is 331 g/mol. The first-order chi connectivity index (χ1) is 12.3. The molecule has 0 unspecified atom stereocenters. The van der Waals surface area contributed by atoms with E-state index in [0.717, 1.165) is 25.1 Å². The Morgan fingerprint density at radius 2 is 1.64 bits per heavy atom. The van der Waals surface area contributed by atoms with Gasteiger partial charge in [-0.3, -0.25) is 4.79 Å². The second-order valence-electron chi connectivity index (χ2n) is 5.77. The van der Waals surface area contributed by atoms with Gasteiger partial charge in [0.05, 0.1) is 0 Å². The van der Waals surface area contributed by atoms with Crippen molar-refractivity contribution in [3.05, 3.63) is 90.1 Å². The third kappa shape index (κ3) is 5.18. The predicted molar refractivity (Wildman–Crippen MR) is 102 cm³/mol. The number of nitrogens with one attached hydrogen (secondary N) is 2. The Hall–Kier alpha value is -3.14. The van der Waals surface area contributed by atoms with Gasteiger partial charge in [0.25, 0.3) is 5.91 Å². The van der Waals surface area contributed by atoms with E-state index < -0.39 is 0 Å². The van der Waals surface area contributed by atoms with Crippen molar-refractivity contribution in [1.82, 2.24) is 4.98 Å². The van der Waals surface area contributed by atoms with Crippen molar-refractivity contribution in [2.75, 3.05) is 17.2 Å². The maximum Gasteiger partial charge on any atom is 0.255 e. The number of hydrogen-bond donors (Lipinski definition) is 2. The first-order valence-electron chi connectivity index (χ1n) is 8.41. The van der Waals surface area contributed by atoms with Gasteiger partial charge in [-0.1, -0.05) is 48.5 Å². The first-order valence-corrected chi connectivity index (χ1v) is 8.41. The number of aromatic nitrogens is 1. The number of benzene rings is 2. The zero-order valence-corrected chi connectivity index (χ0v) is 14.0. The number of carbonyl (C=O) groups is 1. The van der Waals surface area contributed by atoms with Crippen LogP contribution in [0.4, 0.5) is 11.5 Å². The molecule has 1 aromatic heterocycles. The van der Waals surface area contributed by atoms with Gasteiger partial charge < -0.3 is 10.6 Å². The zero-order valence-electron chi connectivity index (χ0n) is 14.0. The summed E-state index contributed by atoms with van der Waals surface area (Å²) >= 11 is 0. The topological polar surface area (TPSA) is 54.0 Å². The van der Waals surface area contributed by atoms with Crippen molar-refractivity contribution in [2.24, 2.45) is 0 Å². The van der Waals surface area contributed by atoms with Crippen LogP contribution in [-0.2, 0) is 6.42 Å². The Morgan fingerprint density at radius 3 is 2.40 bits per heavy atom. The lowest BCUT2D eigenvalue weighted by atomic mass is 10.1. The van der Waals surface area contributed by atoms with Crippen molar-refractivity contribution in [3.63, 3.8) is 0 Å². The number of aryl methyl sites for hydroxylation is 1. The van der Waals surface area contributed by atoms with Gasteiger partial charge in [-0.2, -0.15) is 0 Å². The molecule has 0 saturated carbocycles. The number of amides is 1. The average Bonchev–Trinajstić information content (AvgIpc) is 2.67. The Kier molecular flexibility index (Phi) is 5.77. The summed E-state index contributed by atoms with van der Waals surface area (Å²) in [4.78, 5) is 16.6. The molecule has 0 atom stereocenters. The van der Waals surface area contributed by atoms with Crippen LogP contribution in [-0.4, -0.2) is 17.4 Å². The van der Waals surface area contributed by atoms with Crippen LogP contribution in [0.15, 0.2) is 79.0 Å². The van der Waals surface area contributed by atoms with Gasteiger partial charge >= 0.3 is 0 Å². The van der Waals surface area contributed by atoms with Crippen molar-refractivity contribution in [3.8, 4) is 0 Å². The quantitative estimate of drug-likeness (QED) is 0.632. The van der Waals surface area contributed by atoms with Crippen LogP contribution in [0.2, 0.25) is 0 Å². The lowest BCUT2D eigenvalue weighted by molar-refractivity contribution is 0.102. The summed E-state index contributed by atoms with van der Waals surface area (Å²) in [5, 5.41) is 6.16. The molecule has 1 heterocycles. The molecule has 0 radical (unpaired) electrons. The molecular weight excluding hydrogens is 310 g/mol. The molecule has 0 fully saturated rings. The van der Waals surface area contributed by atoms with E-state index in [1.165, 1.54) is 5.56 Å². The third-order valence-corrected chi connectivity index (χ3v) is 3.84. The van der Waals surface area contributed by atoms with Gasteiger partial charge in [-0.25, -0.2) is 4.98 Å². The number of nitrogens with zero attached hydrogens (tertiary/aromatic N) is 1. The molecule has 0 aliphatic carbocycles. The van der Waals surface area contributed by atoms with Gasteiger partial charge in [0.2, 0.25) is 0 Å².